The molecule has 0 saturated heterocycles. The van der Waals surface area contributed by atoms with E-state index in [1.807, 2.05) is 6.07 Å². The van der Waals surface area contributed by atoms with Gasteiger partial charge in [0, 0.05) is 0 Å². The standard InChI is InChI=1S/C14H18BrFO/c15-14-11(6-4-7-12(14)16)9-10-5-2-1-3-8-13(10)17/h4,6-7,10,13,17H,1-3,5,8-9H2. The van der Waals surface area contributed by atoms with E-state index in [1.165, 1.54) is 18.9 Å². The van der Waals surface area contributed by atoms with E-state index in [1.54, 1.807) is 6.07 Å². The first kappa shape index (κ1) is 13.0. The molecule has 1 aliphatic carbocycles. The summed E-state index contributed by atoms with van der Waals surface area (Å²) in [6.07, 6.45) is 5.96. The molecule has 0 radical (unpaired) electrons. The lowest BCUT2D eigenvalue weighted by Crippen LogP contribution is -2.21. The molecule has 1 aliphatic rings. The summed E-state index contributed by atoms with van der Waals surface area (Å²) in [6.45, 7) is 0. The van der Waals surface area contributed by atoms with Gasteiger partial charge >= 0.3 is 0 Å². The SMILES string of the molecule is OC1CCCCCC1Cc1cccc(F)c1Br. The fourth-order valence-electron chi connectivity index (χ4n) is 2.59. The predicted octanol–water partition coefficient (Wildman–Crippen LogP) is 4.07. The molecule has 1 saturated carbocycles. The van der Waals surface area contributed by atoms with Gasteiger partial charge in [-0.3, -0.25) is 0 Å². The zero-order chi connectivity index (χ0) is 12.3. The van der Waals surface area contributed by atoms with Crippen molar-refractivity contribution in [2.75, 3.05) is 0 Å². The number of aliphatic hydroxyl groups is 1. The topological polar surface area (TPSA) is 20.2 Å². The van der Waals surface area contributed by atoms with Gasteiger partial charge < -0.3 is 5.11 Å². The highest BCUT2D eigenvalue weighted by Gasteiger charge is 2.22. The second kappa shape index (κ2) is 5.96. The maximum Gasteiger partial charge on any atom is 0.137 e. The Morgan fingerprint density at radius 3 is 2.82 bits per heavy atom. The number of hydrogen-bond donors (Lipinski definition) is 1. The van der Waals surface area contributed by atoms with E-state index in [0.717, 1.165) is 31.2 Å². The molecule has 0 spiro atoms. The van der Waals surface area contributed by atoms with Crippen molar-refractivity contribution in [3.8, 4) is 0 Å². The van der Waals surface area contributed by atoms with E-state index in [9.17, 15) is 9.50 Å². The maximum absolute atomic E-state index is 13.4. The molecule has 0 bridgehead atoms. The Hall–Kier alpha value is -0.410. The highest BCUT2D eigenvalue weighted by Crippen LogP contribution is 2.30. The summed E-state index contributed by atoms with van der Waals surface area (Å²) in [7, 11) is 0. The van der Waals surface area contributed by atoms with E-state index in [0.29, 0.717) is 4.47 Å². The Labute approximate surface area is 110 Å². The summed E-state index contributed by atoms with van der Waals surface area (Å²) in [5.41, 5.74) is 0.968. The van der Waals surface area contributed by atoms with Crippen LogP contribution < -0.4 is 0 Å². The van der Waals surface area contributed by atoms with Gasteiger partial charge in [0.1, 0.15) is 5.82 Å². The average Bonchev–Trinajstić information content (AvgIpc) is 2.51. The van der Waals surface area contributed by atoms with Crippen LogP contribution in [0, 0.1) is 11.7 Å². The normalized spacial score (nSPS) is 25.6. The molecule has 94 valence electrons. The Balaban J connectivity index is 2.10. The molecule has 0 heterocycles. The van der Waals surface area contributed by atoms with Gasteiger partial charge in [-0.2, -0.15) is 0 Å². The first-order valence-electron chi connectivity index (χ1n) is 6.29. The fourth-order valence-corrected chi connectivity index (χ4v) is 3.02. The molecule has 1 aromatic carbocycles. The molecule has 2 unspecified atom stereocenters. The Morgan fingerprint density at radius 2 is 2.00 bits per heavy atom. The Morgan fingerprint density at radius 1 is 1.24 bits per heavy atom. The second-order valence-electron chi connectivity index (χ2n) is 4.88. The molecule has 2 atom stereocenters. The molecule has 1 aromatic rings. The average molecular weight is 301 g/mol. The van der Waals surface area contributed by atoms with Crippen molar-refractivity contribution in [1.82, 2.24) is 0 Å². The van der Waals surface area contributed by atoms with Gasteiger partial charge in [0.05, 0.1) is 10.6 Å². The van der Waals surface area contributed by atoms with Gasteiger partial charge in [0.15, 0.2) is 0 Å². The Bertz CT molecular complexity index is 380. The quantitative estimate of drug-likeness (QED) is 0.816. The van der Waals surface area contributed by atoms with E-state index >= 15 is 0 Å². The molecule has 0 aliphatic heterocycles. The molecular weight excluding hydrogens is 283 g/mol. The van der Waals surface area contributed by atoms with Crippen molar-refractivity contribution in [2.45, 2.75) is 44.6 Å². The Kier molecular flexibility index (Phi) is 4.57. The minimum atomic E-state index is -0.229. The van der Waals surface area contributed by atoms with Crippen LogP contribution in [0.3, 0.4) is 0 Å². The van der Waals surface area contributed by atoms with Gasteiger partial charge in [0.25, 0.3) is 0 Å². The number of hydrogen-bond acceptors (Lipinski definition) is 1. The lowest BCUT2D eigenvalue weighted by molar-refractivity contribution is 0.100. The highest BCUT2D eigenvalue weighted by atomic mass is 79.9. The van der Waals surface area contributed by atoms with Crippen LogP contribution in [0.4, 0.5) is 4.39 Å². The number of aliphatic hydroxyl groups excluding tert-OH is 1. The molecule has 1 N–H and O–H groups in total. The van der Waals surface area contributed by atoms with E-state index < -0.39 is 0 Å². The van der Waals surface area contributed by atoms with Crippen molar-refractivity contribution in [2.24, 2.45) is 5.92 Å². The second-order valence-corrected chi connectivity index (χ2v) is 5.68. The molecule has 0 aromatic heterocycles. The van der Waals surface area contributed by atoms with Crippen LogP contribution in [0.15, 0.2) is 22.7 Å². The third-order valence-electron chi connectivity index (χ3n) is 3.63. The summed E-state index contributed by atoms with van der Waals surface area (Å²) < 4.78 is 14.0. The van der Waals surface area contributed by atoms with Gasteiger partial charge in [-0.05, 0) is 52.7 Å². The van der Waals surface area contributed by atoms with Gasteiger partial charge in [-0.15, -0.1) is 0 Å². The summed E-state index contributed by atoms with van der Waals surface area (Å²) in [5, 5.41) is 10.1. The van der Waals surface area contributed by atoms with Gasteiger partial charge in [0.2, 0.25) is 0 Å². The predicted molar refractivity (Wildman–Crippen MR) is 70.4 cm³/mol. The van der Waals surface area contributed by atoms with Crippen LogP contribution in [0.5, 0.6) is 0 Å². The summed E-state index contributed by atoms with van der Waals surface area (Å²) in [4.78, 5) is 0. The summed E-state index contributed by atoms with van der Waals surface area (Å²) >= 11 is 3.29. The number of halogens is 2. The third kappa shape index (κ3) is 3.29. The van der Waals surface area contributed by atoms with Gasteiger partial charge in [-0.1, -0.05) is 31.4 Å². The minimum Gasteiger partial charge on any atom is -0.393 e. The van der Waals surface area contributed by atoms with E-state index in [4.69, 9.17) is 0 Å². The smallest absolute Gasteiger partial charge is 0.137 e. The van der Waals surface area contributed by atoms with Crippen LogP contribution in [-0.2, 0) is 6.42 Å². The summed E-state index contributed by atoms with van der Waals surface area (Å²) in [6, 6.07) is 5.13. The zero-order valence-corrected chi connectivity index (χ0v) is 11.4. The zero-order valence-electron chi connectivity index (χ0n) is 9.83. The first-order valence-corrected chi connectivity index (χ1v) is 7.08. The number of benzene rings is 1. The van der Waals surface area contributed by atoms with Crippen molar-refractivity contribution in [3.63, 3.8) is 0 Å². The van der Waals surface area contributed by atoms with E-state index in [-0.39, 0.29) is 17.8 Å². The fraction of sp³-hybridized carbons (Fsp3) is 0.571. The third-order valence-corrected chi connectivity index (χ3v) is 4.52. The van der Waals surface area contributed by atoms with Gasteiger partial charge in [-0.25, -0.2) is 4.39 Å². The first-order chi connectivity index (χ1) is 8.18. The van der Waals surface area contributed by atoms with Crippen LogP contribution in [0.2, 0.25) is 0 Å². The minimum absolute atomic E-state index is 0.217. The van der Waals surface area contributed by atoms with Crippen LogP contribution in [-0.4, -0.2) is 11.2 Å². The molecule has 3 heteroatoms. The molecule has 1 nitrogen and oxygen atoms in total. The molecule has 0 amide bonds. The van der Waals surface area contributed by atoms with Crippen LogP contribution in [0.1, 0.15) is 37.7 Å². The lowest BCUT2D eigenvalue weighted by atomic mass is 9.90. The monoisotopic (exact) mass is 300 g/mol. The maximum atomic E-state index is 13.4. The lowest BCUT2D eigenvalue weighted by Gasteiger charge is -2.21. The van der Waals surface area contributed by atoms with Crippen molar-refractivity contribution < 1.29 is 9.50 Å². The number of rotatable bonds is 2. The van der Waals surface area contributed by atoms with Crippen LogP contribution >= 0.6 is 15.9 Å². The van der Waals surface area contributed by atoms with Crippen molar-refractivity contribution >= 4 is 15.9 Å². The molecule has 1 fully saturated rings. The van der Waals surface area contributed by atoms with Crippen LogP contribution in [0.25, 0.3) is 0 Å². The molecule has 17 heavy (non-hydrogen) atoms. The van der Waals surface area contributed by atoms with Crippen molar-refractivity contribution in [1.29, 1.82) is 0 Å². The van der Waals surface area contributed by atoms with E-state index in [2.05, 4.69) is 15.9 Å². The molecular formula is C14H18BrFO. The highest BCUT2D eigenvalue weighted by molar-refractivity contribution is 9.10. The molecule has 2 rings (SSSR count). The largest absolute Gasteiger partial charge is 0.393 e. The van der Waals surface area contributed by atoms with Crippen molar-refractivity contribution in [3.05, 3.63) is 34.1 Å². The summed E-state index contributed by atoms with van der Waals surface area (Å²) in [5.74, 6) is 0.0567.